The van der Waals surface area contributed by atoms with Gasteiger partial charge in [0.1, 0.15) is 11.5 Å². The lowest BCUT2D eigenvalue weighted by molar-refractivity contribution is -0.139. The number of hydrogen-bond donors (Lipinski definition) is 0. The third kappa shape index (κ3) is 4.68. The minimum Gasteiger partial charge on any atom is -0.465 e. The number of likely N-dealkylation sites (tertiary alicyclic amines) is 1. The number of hydrogen-bond acceptors (Lipinski definition) is 6. The fourth-order valence-corrected chi connectivity index (χ4v) is 6.64. The summed E-state index contributed by atoms with van der Waals surface area (Å²) in [7, 11) is -3.79. The van der Waals surface area contributed by atoms with Gasteiger partial charge in [0.25, 0.3) is 0 Å². The Labute approximate surface area is 189 Å². The van der Waals surface area contributed by atoms with Crippen LogP contribution in [0, 0.1) is 24.7 Å². The number of sulfonamides is 1. The Hall–Kier alpha value is -2.39. The Kier molecular flexibility index (Phi) is 6.57. The van der Waals surface area contributed by atoms with Gasteiger partial charge >= 0.3 is 0 Å². The van der Waals surface area contributed by atoms with Gasteiger partial charge in [0.2, 0.25) is 15.9 Å². The molecule has 2 aromatic heterocycles. The van der Waals surface area contributed by atoms with Gasteiger partial charge in [-0.3, -0.25) is 4.79 Å². The van der Waals surface area contributed by atoms with Gasteiger partial charge in [-0.15, -0.1) is 0 Å². The molecule has 2 aromatic rings. The highest BCUT2D eigenvalue weighted by atomic mass is 32.2. The number of nitrogens with zero attached hydrogens (tertiary/aromatic N) is 3. The van der Waals surface area contributed by atoms with Crippen LogP contribution in [-0.4, -0.2) is 54.9 Å². The van der Waals surface area contributed by atoms with Crippen LogP contribution in [0.1, 0.15) is 50.3 Å². The van der Waals surface area contributed by atoms with E-state index in [2.05, 4.69) is 19.0 Å². The van der Waals surface area contributed by atoms with Crippen molar-refractivity contribution in [2.24, 2.45) is 17.8 Å². The van der Waals surface area contributed by atoms with Crippen LogP contribution in [-0.2, 0) is 14.8 Å². The van der Waals surface area contributed by atoms with Gasteiger partial charge in [0.15, 0.2) is 10.7 Å². The Morgan fingerprint density at radius 1 is 1.16 bits per heavy atom. The molecule has 0 spiro atoms. The maximum absolute atomic E-state index is 13.4. The van der Waals surface area contributed by atoms with Gasteiger partial charge in [-0.1, -0.05) is 19.0 Å². The zero-order chi connectivity index (χ0) is 22.9. The molecule has 0 unspecified atom stereocenters. The second-order valence-corrected chi connectivity index (χ2v) is 11.1. The van der Waals surface area contributed by atoms with Crippen LogP contribution >= 0.6 is 0 Å². The number of piperidine rings is 2. The van der Waals surface area contributed by atoms with Crippen LogP contribution in [0.15, 0.2) is 32.2 Å². The first kappa shape index (κ1) is 22.8. The van der Waals surface area contributed by atoms with Crippen LogP contribution in [0.4, 0.5) is 0 Å². The molecule has 0 saturated carbocycles. The normalized spacial score (nSPS) is 23.8. The zero-order valence-corrected chi connectivity index (χ0v) is 19.7. The lowest BCUT2D eigenvalue weighted by Crippen LogP contribution is -2.48. The number of aryl methyl sites for hydroxylation is 1. The molecule has 0 N–H and O–H groups in total. The predicted octanol–water partition coefficient (Wildman–Crippen LogP) is 3.65. The molecule has 1 amide bonds. The van der Waals surface area contributed by atoms with Crippen LogP contribution in [0.3, 0.4) is 0 Å². The van der Waals surface area contributed by atoms with Crippen LogP contribution in [0.5, 0.6) is 0 Å². The van der Waals surface area contributed by atoms with Crippen molar-refractivity contribution < 1.29 is 22.2 Å². The molecule has 0 radical (unpaired) electrons. The average molecular weight is 462 g/mol. The fraction of sp³-hybridized carbons (Fsp3) is 0.565. The van der Waals surface area contributed by atoms with Crippen LogP contribution in [0.25, 0.3) is 12.2 Å². The number of carbonyl (C=O) groups excluding carboxylic acids is 1. The summed E-state index contributed by atoms with van der Waals surface area (Å²) in [4.78, 5) is 15.1. The summed E-state index contributed by atoms with van der Waals surface area (Å²) in [6.45, 7) is 8.21. The van der Waals surface area contributed by atoms with Crippen molar-refractivity contribution in [3.63, 3.8) is 0 Å². The second-order valence-electron chi connectivity index (χ2n) is 9.18. The molecule has 2 aliphatic rings. The van der Waals surface area contributed by atoms with E-state index in [1.54, 1.807) is 37.5 Å². The van der Waals surface area contributed by atoms with E-state index < -0.39 is 10.0 Å². The first-order valence-corrected chi connectivity index (χ1v) is 12.7. The van der Waals surface area contributed by atoms with Crippen LogP contribution in [0.2, 0.25) is 0 Å². The molecule has 2 saturated heterocycles. The van der Waals surface area contributed by atoms with Gasteiger partial charge in [0.05, 0.1) is 6.26 Å². The molecule has 8 nitrogen and oxygen atoms in total. The molecule has 2 fully saturated rings. The first-order valence-electron chi connectivity index (χ1n) is 11.2. The van der Waals surface area contributed by atoms with Gasteiger partial charge in [-0.05, 0) is 62.3 Å². The topological polar surface area (TPSA) is 96.9 Å². The Bertz CT molecular complexity index is 1060. The number of aromatic nitrogens is 1. The molecule has 4 rings (SSSR count). The van der Waals surface area contributed by atoms with Gasteiger partial charge < -0.3 is 13.8 Å². The van der Waals surface area contributed by atoms with E-state index in [-0.39, 0.29) is 22.5 Å². The summed E-state index contributed by atoms with van der Waals surface area (Å²) in [6.07, 6.45) is 6.94. The molecular formula is C23H31N3O5S. The summed E-state index contributed by atoms with van der Waals surface area (Å²) < 4.78 is 38.8. The maximum atomic E-state index is 13.4. The quantitative estimate of drug-likeness (QED) is 0.674. The number of carbonyl (C=O) groups is 1. The second kappa shape index (κ2) is 9.23. The summed E-state index contributed by atoms with van der Waals surface area (Å²) in [5.41, 5.74) is 0.318. The molecule has 174 valence electrons. The summed E-state index contributed by atoms with van der Waals surface area (Å²) in [6, 6.07) is 3.51. The van der Waals surface area contributed by atoms with Crippen molar-refractivity contribution >= 4 is 28.1 Å². The zero-order valence-electron chi connectivity index (χ0n) is 18.9. The van der Waals surface area contributed by atoms with Crippen molar-refractivity contribution in [1.82, 2.24) is 14.4 Å². The van der Waals surface area contributed by atoms with Crippen molar-refractivity contribution in [1.29, 1.82) is 0 Å². The van der Waals surface area contributed by atoms with E-state index in [1.165, 1.54) is 4.31 Å². The maximum Gasteiger partial charge on any atom is 0.248 e. The van der Waals surface area contributed by atoms with Gasteiger partial charge in [0, 0.05) is 32.1 Å². The fourth-order valence-electron chi connectivity index (χ4n) is 4.92. The molecule has 0 aromatic carbocycles. The first-order chi connectivity index (χ1) is 15.3. The highest BCUT2D eigenvalue weighted by molar-refractivity contribution is 7.89. The standard InChI is InChI=1S/C23H31N3O5S/c1-16-13-17(2)15-25(14-16)23(27)19-8-10-26(11-9-19)32(28,29)22-18(3)24-31-21(22)7-6-20-5-4-12-30-20/h4-7,12,16-17,19H,8-11,13-15H2,1-3H3/b7-6+/t16-,17-/m0/s1. The van der Waals surface area contributed by atoms with Crippen molar-refractivity contribution in [2.45, 2.75) is 44.9 Å². The minimum atomic E-state index is -3.79. The van der Waals surface area contributed by atoms with Gasteiger partial charge in [-0.2, -0.15) is 4.31 Å². The third-order valence-electron chi connectivity index (χ3n) is 6.36. The van der Waals surface area contributed by atoms with E-state index in [4.69, 9.17) is 8.94 Å². The summed E-state index contributed by atoms with van der Waals surface area (Å²) in [5, 5.41) is 3.87. The smallest absolute Gasteiger partial charge is 0.248 e. The van der Waals surface area contributed by atoms with Gasteiger partial charge in [-0.25, -0.2) is 8.42 Å². The van der Waals surface area contributed by atoms with Crippen molar-refractivity contribution in [2.75, 3.05) is 26.2 Å². The minimum absolute atomic E-state index is 0.0729. The Morgan fingerprint density at radius 3 is 2.47 bits per heavy atom. The number of furan rings is 1. The molecule has 9 heteroatoms. The Morgan fingerprint density at radius 2 is 1.84 bits per heavy atom. The third-order valence-corrected chi connectivity index (χ3v) is 8.41. The SMILES string of the molecule is Cc1noc(/C=C/c2ccco2)c1S(=O)(=O)N1CCC(C(=O)N2C[C@@H](C)C[C@H](C)C2)CC1. The predicted molar refractivity (Wildman–Crippen MR) is 120 cm³/mol. The van der Waals surface area contributed by atoms with E-state index in [9.17, 15) is 13.2 Å². The molecule has 4 heterocycles. The van der Waals surface area contributed by atoms with Crippen molar-refractivity contribution in [3.8, 4) is 0 Å². The lowest BCUT2D eigenvalue weighted by Gasteiger charge is -2.39. The molecule has 2 aliphatic heterocycles. The number of rotatable bonds is 5. The summed E-state index contributed by atoms with van der Waals surface area (Å²) in [5.74, 6) is 1.82. The monoisotopic (exact) mass is 461 g/mol. The van der Waals surface area contributed by atoms with E-state index in [0.717, 1.165) is 19.5 Å². The molecule has 32 heavy (non-hydrogen) atoms. The number of amides is 1. The van der Waals surface area contributed by atoms with Crippen molar-refractivity contribution in [3.05, 3.63) is 35.6 Å². The highest BCUT2D eigenvalue weighted by Gasteiger charge is 2.37. The molecule has 2 atom stereocenters. The molecule has 0 bridgehead atoms. The van der Waals surface area contributed by atoms with E-state index in [0.29, 0.717) is 49.2 Å². The summed E-state index contributed by atoms with van der Waals surface area (Å²) >= 11 is 0. The molecular weight excluding hydrogens is 430 g/mol. The average Bonchev–Trinajstić information content (AvgIpc) is 3.40. The van der Waals surface area contributed by atoms with Crippen LogP contribution < -0.4 is 0 Å². The largest absolute Gasteiger partial charge is 0.465 e. The highest BCUT2D eigenvalue weighted by Crippen LogP contribution is 2.31. The van der Waals surface area contributed by atoms with E-state index in [1.807, 2.05) is 4.90 Å². The molecule has 0 aliphatic carbocycles. The van der Waals surface area contributed by atoms with E-state index >= 15 is 0 Å². The lowest BCUT2D eigenvalue weighted by atomic mass is 9.89. The Balaban J connectivity index is 1.44.